The van der Waals surface area contributed by atoms with E-state index in [4.69, 9.17) is 16.3 Å². The lowest BCUT2D eigenvalue weighted by atomic mass is 10.1. The lowest BCUT2D eigenvalue weighted by Gasteiger charge is -2.32. The predicted molar refractivity (Wildman–Crippen MR) is 85.6 cm³/mol. The highest BCUT2D eigenvalue weighted by molar-refractivity contribution is 6.33. The lowest BCUT2D eigenvalue weighted by molar-refractivity contribution is 0.202. The van der Waals surface area contributed by atoms with Crippen LogP contribution in [0, 0.1) is 0 Å². The summed E-state index contributed by atoms with van der Waals surface area (Å²) in [6, 6.07) is 2.42. The van der Waals surface area contributed by atoms with Gasteiger partial charge in [-0.2, -0.15) is 0 Å². The normalized spacial score (nSPS) is 11.1. The maximum absolute atomic E-state index is 6.42. The van der Waals surface area contributed by atoms with Crippen molar-refractivity contribution in [3.8, 4) is 0 Å². The van der Waals surface area contributed by atoms with Crippen molar-refractivity contribution < 1.29 is 4.74 Å². The first-order chi connectivity index (χ1) is 9.67. The fraction of sp³-hybridized carbons (Fsp3) is 0.667. The molecule has 0 radical (unpaired) electrons. The Bertz CT molecular complexity index is 397. The molecule has 0 spiro atoms. The summed E-state index contributed by atoms with van der Waals surface area (Å²) >= 11 is 6.42. The molecule has 1 aromatic rings. The third-order valence-electron chi connectivity index (χ3n) is 3.45. The van der Waals surface area contributed by atoms with E-state index in [0.29, 0.717) is 17.7 Å². The minimum Gasteiger partial charge on any atom is -0.383 e. The monoisotopic (exact) mass is 299 g/mol. The van der Waals surface area contributed by atoms with E-state index in [1.807, 2.05) is 19.3 Å². The molecule has 1 N–H and O–H groups in total. The first-order valence-electron chi connectivity index (χ1n) is 7.22. The van der Waals surface area contributed by atoms with E-state index < -0.39 is 0 Å². The summed E-state index contributed by atoms with van der Waals surface area (Å²) in [7, 11) is 3.63. The Hall–Kier alpha value is -0.840. The summed E-state index contributed by atoms with van der Waals surface area (Å²) in [5, 5.41) is 3.82. The van der Waals surface area contributed by atoms with Gasteiger partial charge in [0.25, 0.3) is 0 Å². The van der Waals surface area contributed by atoms with Crippen molar-refractivity contribution in [1.29, 1.82) is 0 Å². The van der Waals surface area contributed by atoms with Crippen LogP contribution in [-0.2, 0) is 11.3 Å². The van der Waals surface area contributed by atoms with E-state index in [0.717, 1.165) is 37.3 Å². The highest BCUT2D eigenvalue weighted by atomic mass is 35.5. The third kappa shape index (κ3) is 4.62. The van der Waals surface area contributed by atoms with E-state index in [2.05, 4.69) is 29.0 Å². The average Bonchev–Trinajstić information content (AvgIpc) is 2.45. The molecule has 0 atom stereocenters. The summed E-state index contributed by atoms with van der Waals surface area (Å²) in [4.78, 5) is 6.82. The van der Waals surface area contributed by atoms with Gasteiger partial charge in [0.15, 0.2) is 0 Å². The number of anilines is 1. The van der Waals surface area contributed by atoms with Crippen LogP contribution in [0.1, 0.15) is 32.3 Å². The molecule has 0 amide bonds. The number of pyridine rings is 1. The standard InChI is InChI=1S/C15H26ClN3O/c1-5-13(6-2)19(7-8-20-4)15-14(16)9-12(10-17-3)11-18-15/h9,11,13,17H,5-8,10H2,1-4H3. The number of halogens is 1. The number of nitrogens with zero attached hydrogens (tertiary/aromatic N) is 2. The molecule has 0 aliphatic carbocycles. The zero-order valence-corrected chi connectivity index (χ0v) is 13.7. The van der Waals surface area contributed by atoms with Crippen molar-refractivity contribution >= 4 is 17.4 Å². The highest BCUT2D eigenvalue weighted by Crippen LogP contribution is 2.27. The van der Waals surface area contributed by atoms with Crippen molar-refractivity contribution in [3.05, 3.63) is 22.8 Å². The fourth-order valence-electron chi connectivity index (χ4n) is 2.36. The molecule has 0 aliphatic rings. The second-order valence-corrected chi connectivity index (χ2v) is 5.24. The Morgan fingerprint density at radius 3 is 2.60 bits per heavy atom. The Morgan fingerprint density at radius 2 is 2.10 bits per heavy atom. The first kappa shape index (κ1) is 17.2. The molecule has 1 rings (SSSR count). The van der Waals surface area contributed by atoms with Crippen LogP contribution in [-0.4, -0.2) is 38.3 Å². The number of methoxy groups -OCH3 is 1. The number of hydrogen-bond donors (Lipinski definition) is 1. The van der Waals surface area contributed by atoms with Gasteiger partial charge in [0, 0.05) is 32.4 Å². The predicted octanol–water partition coefficient (Wildman–Crippen LogP) is 3.10. The molecule has 0 saturated heterocycles. The molecule has 4 nitrogen and oxygen atoms in total. The van der Waals surface area contributed by atoms with Crippen molar-refractivity contribution in [1.82, 2.24) is 10.3 Å². The minimum absolute atomic E-state index is 0.435. The van der Waals surface area contributed by atoms with Gasteiger partial charge >= 0.3 is 0 Å². The molecular formula is C15H26ClN3O. The fourth-order valence-corrected chi connectivity index (χ4v) is 2.66. The van der Waals surface area contributed by atoms with Crippen molar-refractivity contribution in [2.45, 2.75) is 39.3 Å². The molecule has 20 heavy (non-hydrogen) atoms. The second kappa shape index (κ2) is 9.16. The number of ether oxygens (including phenoxy) is 1. The van der Waals surface area contributed by atoms with E-state index in [1.54, 1.807) is 7.11 Å². The summed E-state index contributed by atoms with van der Waals surface area (Å²) in [5.74, 6) is 0.859. The Balaban J connectivity index is 2.99. The van der Waals surface area contributed by atoms with Gasteiger partial charge in [-0.1, -0.05) is 25.4 Å². The van der Waals surface area contributed by atoms with E-state index >= 15 is 0 Å². The molecule has 0 aliphatic heterocycles. The molecule has 5 heteroatoms. The van der Waals surface area contributed by atoms with Crippen LogP contribution >= 0.6 is 11.6 Å². The topological polar surface area (TPSA) is 37.4 Å². The SMILES string of the molecule is CCC(CC)N(CCOC)c1ncc(CNC)cc1Cl. The number of hydrogen-bond acceptors (Lipinski definition) is 4. The van der Waals surface area contributed by atoms with Gasteiger partial charge in [-0.25, -0.2) is 4.98 Å². The second-order valence-electron chi connectivity index (χ2n) is 4.84. The van der Waals surface area contributed by atoms with Crippen LogP contribution < -0.4 is 10.2 Å². The number of aromatic nitrogens is 1. The molecular weight excluding hydrogens is 274 g/mol. The maximum Gasteiger partial charge on any atom is 0.147 e. The molecule has 0 unspecified atom stereocenters. The van der Waals surface area contributed by atoms with Crippen molar-refractivity contribution in [3.63, 3.8) is 0 Å². The average molecular weight is 300 g/mol. The van der Waals surface area contributed by atoms with E-state index in [1.165, 1.54) is 0 Å². The lowest BCUT2D eigenvalue weighted by Crippen LogP contribution is -2.38. The van der Waals surface area contributed by atoms with Crippen molar-refractivity contribution in [2.24, 2.45) is 0 Å². The van der Waals surface area contributed by atoms with Gasteiger partial charge < -0.3 is 15.0 Å². The minimum atomic E-state index is 0.435. The van der Waals surface area contributed by atoms with Crippen molar-refractivity contribution in [2.75, 3.05) is 32.2 Å². The van der Waals surface area contributed by atoms with Gasteiger partial charge in [-0.15, -0.1) is 0 Å². The Morgan fingerprint density at radius 1 is 1.40 bits per heavy atom. The van der Waals surface area contributed by atoms with Crippen LogP contribution in [0.4, 0.5) is 5.82 Å². The maximum atomic E-state index is 6.42. The first-order valence-corrected chi connectivity index (χ1v) is 7.60. The van der Waals surface area contributed by atoms with Gasteiger partial charge in [-0.3, -0.25) is 0 Å². The smallest absolute Gasteiger partial charge is 0.147 e. The largest absolute Gasteiger partial charge is 0.383 e. The van der Waals surface area contributed by atoms with Gasteiger partial charge in [0.05, 0.1) is 11.6 Å². The number of rotatable bonds is 9. The summed E-state index contributed by atoms with van der Waals surface area (Å²) in [6.45, 7) is 6.64. The van der Waals surface area contributed by atoms with Gasteiger partial charge in [0.1, 0.15) is 5.82 Å². The van der Waals surface area contributed by atoms with Crippen LogP contribution in [0.2, 0.25) is 5.02 Å². The Kier molecular flexibility index (Phi) is 7.88. The highest BCUT2D eigenvalue weighted by Gasteiger charge is 2.19. The van der Waals surface area contributed by atoms with Crippen LogP contribution in [0.3, 0.4) is 0 Å². The molecule has 0 bridgehead atoms. The van der Waals surface area contributed by atoms with E-state index in [9.17, 15) is 0 Å². The Labute approximate surface area is 127 Å². The molecule has 114 valence electrons. The number of nitrogens with one attached hydrogen (secondary N) is 1. The molecule has 1 aromatic heterocycles. The summed E-state index contributed by atoms with van der Waals surface area (Å²) in [6.07, 6.45) is 4.02. The zero-order valence-electron chi connectivity index (χ0n) is 12.9. The summed E-state index contributed by atoms with van der Waals surface area (Å²) in [5.41, 5.74) is 1.09. The van der Waals surface area contributed by atoms with Crippen LogP contribution in [0.5, 0.6) is 0 Å². The molecule has 0 aromatic carbocycles. The third-order valence-corrected chi connectivity index (χ3v) is 3.73. The molecule has 0 fully saturated rings. The van der Waals surface area contributed by atoms with Crippen LogP contribution in [0.25, 0.3) is 0 Å². The molecule has 1 heterocycles. The van der Waals surface area contributed by atoms with Gasteiger partial charge in [-0.05, 0) is 31.5 Å². The summed E-state index contributed by atoms with van der Waals surface area (Å²) < 4.78 is 5.21. The molecule has 0 saturated carbocycles. The van der Waals surface area contributed by atoms with Crippen LogP contribution in [0.15, 0.2) is 12.3 Å². The van der Waals surface area contributed by atoms with E-state index in [-0.39, 0.29) is 0 Å². The quantitative estimate of drug-likeness (QED) is 0.760. The zero-order chi connectivity index (χ0) is 15.0. The van der Waals surface area contributed by atoms with Gasteiger partial charge in [0.2, 0.25) is 0 Å².